The van der Waals surface area contributed by atoms with Crippen molar-refractivity contribution in [2.45, 2.75) is 6.92 Å². The van der Waals surface area contributed by atoms with Gasteiger partial charge in [-0.05, 0) is 55.0 Å². The van der Waals surface area contributed by atoms with Gasteiger partial charge in [0, 0.05) is 10.6 Å². The smallest absolute Gasteiger partial charge is 0.289 e. The van der Waals surface area contributed by atoms with Crippen molar-refractivity contribution in [2.24, 2.45) is 5.10 Å². The number of carbonyl (C=O) groups is 1. The lowest BCUT2D eigenvalue weighted by Gasteiger charge is -2.02. The second-order valence-corrected chi connectivity index (χ2v) is 5.81. The molecule has 0 saturated carbocycles. The molecule has 0 saturated heterocycles. The first kappa shape index (κ1) is 17.7. The van der Waals surface area contributed by atoms with E-state index in [0.717, 1.165) is 16.9 Å². The van der Waals surface area contributed by atoms with Gasteiger partial charge in [-0.1, -0.05) is 23.7 Å². The average molecular weight is 369 g/mol. The van der Waals surface area contributed by atoms with E-state index in [1.807, 2.05) is 31.2 Å². The molecule has 0 spiro atoms. The topological polar surface area (TPSA) is 79.4 Å². The van der Waals surface area contributed by atoms with E-state index in [2.05, 4.69) is 20.7 Å². The van der Waals surface area contributed by atoms with Crippen molar-refractivity contribution < 1.29 is 9.53 Å². The molecule has 26 heavy (non-hydrogen) atoms. The van der Waals surface area contributed by atoms with E-state index in [1.165, 1.54) is 6.21 Å². The molecule has 3 rings (SSSR count). The van der Waals surface area contributed by atoms with Gasteiger partial charge in [0.1, 0.15) is 11.4 Å². The minimum Gasteiger partial charge on any atom is -0.494 e. The first-order valence-corrected chi connectivity index (χ1v) is 8.41. The van der Waals surface area contributed by atoms with Crippen molar-refractivity contribution in [1.82, 2.24) is 15.6 Å². The standard InChI is InChI=1S/C19H17ClN4O2/c1-2-26-16-9-5-14(6-10-16)17-11-18(23-22-17)19(25)24-21-12-13-3-7-15(20)8-4-13/h3-12H,2H2,1H3,(H,22,23)(H,24,25)/b21-12+. The molecule has 0 radical (unpaired) electrons. The van der Waals surface area contributed by atoms with Crippen LogP contribution in [0, 0.1) is 0 Å². The summed E-state index contributed by atoms with van der Waals surface area (Å²) in [5.41, 5.74) is 5.16. The molecule has 1 heterocycles. The highest BCUT2D eigenvalue weighted by Crippen LogP contribution is 2.21. The van der Waals surface area contributed by atoms with Crippen LogP contribution in [0.5, 0.6) is 5.75 Å². The van der Waals surface area contributed by atoms with Gasteiger partial charge in [-0.15, -0.1) is 0 Å². The Balaban J connectivity index is 1.63. The fraction of sp³-hybridized carbons (Fsp3) is 0.105. The SMILES string of the molecule is CCOc1ccc(-c2cc(C(=O)N/N=C/c3ccc(Cl)cc3)[nH]n2)cc1. The van der Waals surface area contributed by atoms with Gasteiger partial charge >= 0.3 is 0 Å². The number of hydrogen-bond donors (Lipinski definition) is 2. The number of halogens is 1. The van der Waals surface area contributed by atoms with Gasteiger partial charge in [0.2, 0.25) is 0 Å². The second-order valence-electron chi connectivity index (χ2n) is 5.37. The first-order valence-electron chi connectivity index (χ1n) is 8.03. The third-order valence-corrected chi connectivity index (χ3v) is 3.79. The van der Waals surface area contributed by atoms with Gasteiger partial charge in [0.25, 0.3) is 5.91 Å². The Labute approximate surface area is 155 Å². The van der Waals surface area contributed by atoms with Gasteiger partial charge in [-0.25, -0.2) is 5.43 Å². The maximum absolute atomic E-state index is 12.1. The number of hydrazone groups is 1. The third kappa shape index (κ3) is 4.49. The zero-order valence-electron chi connectivity index (χ0n) is 14.1. The van der Waals surface area contributed by atoms with Crippen molar-refractivity contribution in [3.63, 3.8) is 0 Å². The van der Waals surface area contributed by atoms with Crippen molar-refractivity contribution in [3.05, 3.63) is 70.9 Å². The number of aromatic amines is 1. The van der Waals surface area contributed by atoms with E-state index in [0.29, 0.717) is 23.0 Å². The number of amides is 1. The summed E-state index contributed by atoms with van der Waals surface area (Å²) in [6, 6.07) is 16.3. The van der Waals surface area contributed by atoms with Gasteiger partial charge in [-0.3, -0.25) is 9.89 Å². The van der Waals surface area contributed by atoms with Crippen molar-refractivity contribution >= 4 is 23.7 Å². The maximum Gasteiger partial charge on any atom is 0.289 e. The molecule has 2 aromatic carbocycles. The molecular formula is C19H17ClN4O2. The molecule has 2 N–H and O–H groups in total. The Morgan fingerprint density at radius 1 is 1.23 bits per heavy atom. The highest BCUT2D eigenvalue weighted by molar-refractivity contribution is 6.30. The number of carbonyl (C=O) groups excluding carboxylic acids is 1. The van der Waals surface area contributed by atoms with E-state index in [1.54, 1.807) is 30.3 Å². The largest absolute Gasteiger partial charge is 0.494 e. The summed E-state index contributed by atoms with van der Waals surface area (Å²) in [6.07, 6.45) is 1.54. The van der Waals surface area contributed by atoms with Crippen LogP contribution in [0.4, 0.5) is 0 Å². The molecule has 132 valence electrons. The molecule has 3 aromatic rings. The van der Waals surface area contributed by atoms with Crippen LogP contribution in [0.15, 0.2) is 59.7 Å². The number of aromatic nitrogens is 2. The predicted octanol–water partition coefficient (Wildman–Crippen LogP) is 3.89. The first-order chi connectivity index (χ1) is 12.7. The average Bonchev–Trinajstić information content (AvgIpc) is 3.14. The third-order valence-electron chi connectivity index (χ3n) is 3.53. The summed E-state index contributed by atoms with van der Waals surface area (Å²) in [6.45, 7) is 2.55. The number of ether oxygens (including phenoxy) is 1. The van der Waals surface area contributed by atoms with Crippen LogP contribution in [0.2, 0.25) is 5.02 Å². The van der Waals surface area contributed by atoms with Crippen LogP contribution < -0.4 is 10.2 Å². The highest BCUT2D eigenvalue weighted by Gasteiger charge is 2.10. The number of hydrogen-bond acceptors (Lipinski definition) is 4. The van der Waals surface area contributed by atoms with E-state index in [-0.39, 0.29) is 5.91 Å². The second kappa shape index (κ2) is 8.31. The summed E-state index contributed by atoms with van der Waals surface area (Å²) in [5, 5.41) is 11.5. The van der Waals surface area contributed by atoms with Gasteiger partial charge in [0.05, 0.1) is 18.5 Å². The number of nitrogens with zero attached hydrogens (tertiary/aromatic N) is 2. The Hall–Kier alpha value is -3.12. The van der Waals surface area contributed by atoms with Crippen LogP contribution >= 0.6 is 11.6 Å². The molecule has 0 aliphatic heterocycles. The van der Waals surface area contributed by atoms with E-state index < -0.39 is 0 Å². The minimum absolute atomic E-state index is 0.321. The zero-order valence-corrected chi connectivity index (χ0v) is 14.8. The summed E-state index contributed by atoms with van der Waals surface area (Å²) < 4.78 is 5.41. The lowest BCUT2D eigenvalue weighted by atomic mass is 10.1. The Morgan fingerprint density at radius 3 is 2.65 bits per heavy atom. The number of nitrogens with one attached hydrogen (secondary N) is 2. The zero-order chi connectivity index (χ0) is 18.4. The summed E-state index contributed by atoms with van der Waals surface area (Å²) >= 11 is 5.82. The van der Waals surface area contributed by atoms with Crippen LogP contribution in [0.25, 0.3) is 11.3 Å². The van der Waals surface area contributed by atoms with E-state index in [9.17, 15) is 4.79 Å². The molecular weight excluding hydrogens is 352 g/mol. The molecule has 0 aliphatic carbocycles. The normalized spacial score (nSPS) is 10.8. The molecule has 0 unspecified atom stereocenters. The molecule has 1 aromatic heterocycles. The number of H-pyrrole nitrogens is 1. The summed E-state index contributed by atoms with van der Waals surface area (Å²) in [7, 11) is 0. The molecule has 0 atom stereocenters. The molecule has 0 fully saturated rings. The fourth-order valence-electron chi connectivity index (χ4n) is 2.25. The molecule has 0 aliphatic rings. The van der Waals surface area contributed by atoms with Crippen LogP contribution in [-0.4, -0.2) is 28.9 Å². The quantitative estimate of drug-likeness (QED) is 0.511. The Kier molecular flexibility index (Phi) is 5.66. The lowest BCUT2D eigenvalue weighted by Crippen LogP contribution is -2.17. The van der Waals surface area contributed by atoms with E-state index in [4.69, 9.17) is 16.3 Å². The Bertz CT molecular complexity index is 902. The van der Waals surface area contributed by atoms with Crippen LogP contribution in [0.1, 0.15) is 23.0 Å². The predicted molar refractivity (Wildman–Crippen MR) is 102 cm³/mol. The fourth-order valence-corrected chi connectivity index (χ4v) is 2.38. The summed E-state index contributed by atoms with van der Waals surface area (Å²) in [5.74, 6) is 0.418. The molecule has 6 nitrogen and oxygen atoms in total. The van der Waals surface area contributed by atoms with Gasteiger partial charge < -0.3 is 4.74 Å². The molecule has 7 heteroatoms. The highest BCUT2D eigenvalue weighted by atomic mass is 35.5. The lowest BCUT2D eigenvalue weighted by molar-refractivity contribution is 0.0950. The minimum atomic E-state index is -0.375. The number of benzene rings is 2. The molecule has 1 amide bonds. The van der Waals surface area contributed by atoms with Crippen molar-refractivity contribution in [1.29, 1.82) is 0 Å². The Morgan fingerprint density at radius 2 is 1.96 bits per heavy atom. The summed E-state index contributed by atoms with van der Waals surface area (Å²) in [4.78, 5) is 12.1. The van der Waals surface area contributed by atoms with Gasteiger partial charge in [-0.2, -0.15) is 10.2 Å². The van der Waals surface area contributed by atoms with E-state index >= 15 is 0 Å². The van der Waals surface area contributed by atoms with Crippen molar-refractivity contribution in [2.75, 3.05) is 6.61 Å². The number of rotatable bonds is 6. The van der Waals surface area contributed by atoms with Crippen LogP contribution in [-0.2, 0) is 0 Å². The van der Waals surface area contributed by atoms with Crippen molar-refractivity contribution in [3.8, 4) is 17.0 Å². The monoisotopic (exact) mass is 368 g/mol. The maximum atomic E-state index is 12.1. The van der Waals surface area contributed by atoms with Gasteiger partial charge in [0.15, 0.2) is 0 Å². The molecule has 0 bridgehead atoms. The van der Waals surface area contributed by atoms with Crippen LogP contribution in [0.3, 0.4) is 0 Å².